The summed E-state index contributed by atoms with van der Waals surface area (Å²) in [6.07, 6.45) is -1.73. The first kappa shape index (κ1) is 25.4. The molecule has 2 unspecified atom stereocenters. The minimum absolute atomic E-state index is 0.00786. The molecule has 34 heavy (non-hydrogen) atoms. The van der Waals surface area contributed by atoms with Crippen molar-refractivity contribution in [2.24, 2.45) is 0 Å². The second-order valence-corrected chi connectivity index (χ2v) is 8.22. The van der Waals surface area contributed by atoms with Gasteiger partial charge in [0.2, 0.25) is 17.7 Å². The minimum Gasteiger partial charge on any atom is -0.453 e. The second-order valence-electron chi connectivity index (χ2n) is 7.82. The van der Waals surface area contributed by atoms with E-state index in [1.54, 1.807) is 12.1 Å². The fourth-order valence-corrected chi connectivity index (χ4v) is 4.05. The number of alkyl carbamates (subject to hydrolysis) is 1. The van der Waals surface area contributed by atoms with Gasteiger partial charge in [-0.05, 0) is 30.7 Å². The Labute approximate surface area is 199 Å². The monoisotopic (exact) mass is 497 g/mol. The van der Waals surface area contributed by atoms with E-state index in [1.165, 1.54) is 24.3 Å². The van der Waals surface area contributed by atoms with Crippen molar-refractivity contribution in [2.75, 3.05) is 18.6 Å². The fourth-order valence-electron chi connectivity index (χ4n) is 3.82. The van der Waals surface area contributed by atoms with Gasteiger partial charge in [0.1, 0.15) is 18.4 Å². The summed E-state index contributed by atoms with van der Waals surface area (Å²) >= 11 is 6.34. The van der Waals surface area contributed by atoms with Crippen molar-refractivity contribution in [3.05, 3.63) is 64.9 Å². The quantitative estimate of drug-likeness (QED) is 0.600. The van der Waals surface area contributed by atoms with Crippen LogP contribution < -0.4 is 15.5 Å². The van der Waals surface area contributed by atoms with Crippen molar-refractivity contribution in [1.29, 1.82) is 0 Å². The molecule has 1 saturated carbocycles. The van der Waals surface area contributed by atoms with Crippen LogP contribution in [-0.4, -0.2) is 43.5 Å². The Hall–Kier alpha value is -3.27. The molecule has 0 spiro atoms. The zero-order valence-electron chi connectivity index (χ0n) is 18.2. The molecule has 2 atom stereocenters. The molecule has 0 radical (unpaired) electrons. The second kappa shape index (κ2) is 10.8. The lowest BCUT2D eigenvalue weighted by atomic mass is 10.0. The molecule has 0 heterocycles. The molecule has 2 aromatic rings. The van der Waals surface area contributed by atoms with Crippen LogP contribution in [0.1, 0.15) is 30.9 Å². The topological polar surface area (TPSA) is 87.7 Å². The molecule has 2 aromatic carbocycles. The highest BCUT2D eigenvalue weighted by atomic mass is 35.5. The van der Waals surface area contributed by atoms with Crippen LogP contribution in [0.4, 0.5) is 23.7 Å². The van der Waals surface area contributed by atoms with E-state index in [9.17, 15) is 27.6 Å². The molecule has 0 saturated heterocycles. The number of amides is 3. The van der Waals surface area contributed by atoms with Crippen LogP contribution in [0, 0.1) is 5.82 Å². The third kappa shape index (κ3) is 6.19. The first-order chi connectivity index (χ1) is 16.1. The van der Waals surface area contributed by atoms with Crippen molar-refractivity contribution in [2.45, 2.75) is 37.3 Å². The lowest BCUT2D eigenvalue weighted by Gasteiger charge is -2.33. The summed E-state index contributed by atoms with van der Waals surface area (Å²) in [6.45, 7) is -0.584. The largest absolute Gasteiger partial charge is 0.453 e. The van der Waals surface area contributed by atoms with E-state index in [0.717, 1.165) is 24.1 Å². The van der Waals surface area contributed by atoms with E-state index in [2.05, 4.69) is 15.4 Å². The molecule has 0 aromatic heterocycles. The summed E-state index contributed by atoms with van der Waals surface area (Å²) in [6, 6.07) is 8.91. The number of nitrogens with one attached hydrogen (secondary N) is 2. The Morgan fingerprint density at radius 1 is 1.21 bits per heavy atom. The molecule has 3 rings (SSSR count). The standard InChI is InChI=1S/C23H23ClF3N3O4/c1-34-22(33)28-13-19(31)30(16-6-4-5-14(25)11-16)20(17-7-2-3-8-18(17)24)21(32)29-15-9-10-23(26,27)12-15/h2-8,11,15,20H,9-10,12-13H2,1H3,(H,28,33)(H,29,32). The summed E-state index contributed by atoms with van der Waals surface area (Å²) in [5.41, 5.74) is 0.204. The highest BCUT2D eigenvalue weighted by molar-refractivity contribution is 6.31. The van der Waals surface area contributed by atoms with Gasteiger partial charge < -0.3 is 15.4 Å². The molecule has 7 nitrogen and oxygen atoms in total. The van der Waals surface area contributed by atoms with Gasteiger partial charge in [-0.2, -0.15) is 0 Å². The van der Waals surface area contributed by atoms with Crippen molar-refractivity contribution >= 4 is 35.2 Å². The van der Waals surface area contributed by atoms with Gasteiger partial charge in [-0.3, -0.25) is 14.5 Å². The molecule has 182 valence electrons. The highest BCUT2D eigenvalue weighted by Crippen LogP contribution is 2.36. The number of hydrogen-bond acceptors (Lipinski definition) is 4. The van der Waals surface area contributed by atoms with Gasteiger partial charge in [-0.1, -0.05) is 35.9 Å². The number of methoxy groups -OCH3 is 1. The van der Waals surface area contributed by atoms with E-state index in [-0.39, 0.29) is 29.1 Å². The SMILES string of the molecule is COC(=O)NCC(=O)N(c1cccc(F)c1)C(C(=O)NC1CCC(F)(F)C1)c1ccccc1Cl. The first-order valence-corrected chi connectivity index (χ1v) is 10.8. The Morgan fingerprint density at radius 2 is 1.94 bits per heavy atom. The van der Waals surface area contributed by atoms with Gasteiger partial charge in [0.15, 0.2) is 0 Å². The number of anilines is 1. The average molecular weight is 498 g/mol. The zero-order chi connectivity index (χ0) is 24.9. The Bertz CT molecular complexity index is 1070. The molecular formula is C23H23ClF3N3O4. The zero-order valence-corrected chi connectivity index (χ0v) is 18.9. The van der Waals surface area contributed by atoms with Crippen LogP contribution >= 0.6 is 11.6 Å². The lowest BCUT2D eigenvalue weighted by molar-refractivity contribution is -0.127. The maximum atomic E-state index is 14.1. The number of hydrogen-bond donors (Lipinski definition) is 2. The first-order valence-electron chi connectivity index (χ1n) is 10.4. The van der Waals surface area contributed by atoms with Gasteiger partial charge in [0.05, 0.1) is 7.11 Å². The van der Waals surface area contributed by atoms with Crippen LogP contribution in [0.3, 0.4) is 0 Å². The number of carbonyl (C=O) groups excluding carboxylic acids is 3. The van der Waals surface area contributed by atoms with Crippen LogP contribution in [0.25, 0.3) is 0 Å². The maximum absolute atomic E-state index is 14.1. The molecule has 1 fully saturated rings. The number of benzene rings is 2. The van der Waals surface area contributed by atoms with Crippen LogP contribution in [0.5, 0.6) is 0 Å². The van der Waals surface area contributed by atoms with Crippen LogP contribution in [0.15, 0.2) is 48.5 Å². The van der Waals surface area contributed by atoms with E-state index < -0.39 is 54.7 Å². The van der Waals surface area contributed by atoms with Gasteiger partial charge >= 0.3 is 6.09 Å². The molecule has 0 aliphatic heterocycles. The minimum atomic E-state index is -2.90. The van der Waals surface area contributed by atoms with Crippen LogP contribution in [-0.2, 0) is 14.3 Å². The number of alkyl halides is 2. The van der Waals surface area contributed by atoms with E-state index in [1.807, 2.05) is 0 Å². The molecule has 1 aliphatic carbocycles. The van der Waals surface area contributed by atoms with E-state index >= 15 is 0 Å². The van der Waals surface area contributed by atoms with Crippen molar-refractivity contribution in [3.63, 3.8) is 0 Å². The Morgan fingerprint density at radius 3 is 2.56 bits per heavy atom. The Kier molecular flexibility index (Phi) is 8.03. The molecule has 2 N–H and O–H groups in total. The number of carbonyl (C=O) groups is 3. The summed E-state index contributed by atoms with van der Waals surface area (Å²) < 4.78 is 46.0. The lowest BCUT2D eigenvalue weighted by Crippen LogP contribution is -2.49. The maximum Gasteiger partial charge on any atom is 0.407 e. The summed E-state index contributed by atoms with van der Waals surface area (Å²) in [5, 5.41) is 4.94. The molecule has 0 bridgehead atoms. The summed E-state index contributed by atoms with van der Waals surface area (Å²) in [5.74, 6) is -5.13. The molecule has 1 aliphatic rings. The number of ether oxygens (including phenoxy) is 1. The Balaban J connectivity index is 2.03. The molecular weight excluding hydrogens is 475 g/mol. The fraction of sp³-hybridized carbons (Fsp3) is 0.348. The number of nitrogens with zero attached hydrogens (tertiary/aromatic N) is 1. The average Bonchev–Trinajstić information content (AvgIpc) is 3.13. The normalized spacial score (nSPS) is 17.5. The third-order valence-electron chi connectivity index (χ3n) is 5.38. The number of rotatable bonds is 7. The van der Waals surface area contributed by atoms with Gasteiger partial charge in [-0.25, -0.2) is 18.0 Å². The number of halogens is 4. The third-order valence-corrected chi connectivity index (χ3v) is 5.72. The predicted octanol–water partition coefficient (Wildman–Crippen LogP) is 4.21. The van der Waals surface area contributed by atoms with Gasteiger partial charge in [0, 0.05) is 35.2 Å². The van der Waals surface area contributed by atoms with Crippen molar-refractivity contribution in [1.82, 2.24) is 10.6 Å². The summed E-state index contributed by atoms with van der Waals surface area (Å²) in [7, 11) is 1.11. The molecule has 3 amide bonds. The van der Waals surface area contributed by atoms with E-state index in [4.69, 9.17) is 11.6 Å². The predicted molar refractivity (Wildman–Crippen MR) is 119 cm³/mol. The van der Waals surface area contributed by atoms with Crippen molar-refractivity contribution < 1.29 is 32.3 Å². The van der Waals surface area contributed by atoms with Gasteiger partial charge in [-0.15, -0.1) is 0 Å². The summed E-state index contributed by atoms with van der Waals surface area (Å²) in [4.78, 5) is 39.2. The van der Waals surface area contributed by atoms with Crippen molar-refractivity contribution in [3.8, 4) is 0 Å². The van der Waals surface area contributed by atoms with Crippen LogP contribution in [0.2, 0.25) is 5.02 Å². The smallest absolute Gasteiger partial charge is 0.407 e. The van der Waals surface area contributed by atoms with Gasteiger partial charge in [0.25, 0.3) is 0 Å². The molecule has 11 heteroatoms. The van der Waals surface area contributed by atoms with E-state index in [0.29, 0.717) is 0 Å². The highest BCUT2D eigenvalue weighted by Gasteiger charge is 2.42.